The van der Waals surface area contributed by atoms with E-state index in [4.69, 9.17) is 0 Å². The summed E-state index contributed by atoms with van der Waals surface area (Å²) in [6, 6.07) is 12.7. The number of aromatic nitrogens is 2. The van der Waals surface area contributed by atoms with Crippen molar-refractivity contribution >= 4 is 17.2 Å². The van der Waals surface area contributed by atoms with Crippen molar-refractivity contribution < 1.29 is 4.92 Å². The summed E-state index contributed by atoms with van der Waals surface area (Å²) in [5, 5.41) is 14.2. The average Bonchev–Trinajstić information content (AvgIpc) is 2.54. The number of nitrogens with zero attached hydrogens (tertiary/aromatic N) is 3. The van der Waals surface area contributed by atoms with Crippen LogP contribution in [0.2, 0.25) is 0 Å². The first-order chi connectivity index (χ1) is 11.1. The highest BCUT2D eigenvalue weighted by Gasteiger charge is 2.23. The molecule has 0 aliphatic rings. The van der Waals surface area contributed by atoms with Gasteiger partial charge in [0.05, 0.1) is 4.92 Å². The Morgan fingerprint density at radius 2 is 1.96 bits per heavy atom. The van der Waals surface area contributed by atoms with Gasteiger partial charge < -0.3 is 5.32 Å². The molecule has 0 aliphatic carbocycles. The molecule has 3 aromatic rings. The molecule has 0 saturated carbocycles. The third kappa shape index (κ3) is 2.76. The van der Waals surface area contributed by atoms with E-state index in [1.165, 1.54) is 6.20 Å². The maximum absolute atomic E-state index is 12.3. The van der Waals surface area contributed by atoms with E-state index < -0.39 is 16.2 Å². The predicted molar refractivity (Wildman–Crippen MR) is 86.6 cm³/mol. The van der Waals surface area contributed by atoms with Gasteiger partial charge in [0.15, 0.2) is 0 Å². The molecule has 0 saturated heterocycles. The van der Waals surface area contributed by atoms with Gasteiger partial charge in [-0.3, -0.25) is 19.3 Å². The van der Waals surface area contributed by atoms with Gasteiger partial charge in [0.2, 0.25) is 5.82 Å². The molecule has 0 amide bonds. The van der Waals surface area contributed by atoms with Crippen molar-refractivity contribution in [3.05, 3.63) is 80.3 Å². The van der Waals surface area contributed by atoms with Gasteiger partial charge in [0.25, 0.3) is 0 Å². The third-order valence-electron chi connectivity index (χ3n) is 3.60. The van der Waals surface area contributed by atoms with Gasteiger partial charge in [-0.15, -0.1) is 0 Å². The van der Waals surface area contributed by atoms with E-state index in [-0.39, 0.29) is 5.82 Å². The Morgan fingerprint density at radius 3 is 2.70 bits per heavy atom. The Balaban J connectivity index is 2.06. The van der Waals surface area contributed by atoms with Gasteiger partial charge in [-0.05, 0) is 30.2 Å². The molecule has 0 radical (unpaired) electrons. The van der Waals surface area contributed by atoms with Crippen molar-refractivity contribution in [3.8, 4) is 0 Å². The fourth-order valence-corrected chi connectivity index (χ4v) is 2.35. The number of fused-ring (bicyclic) bond motifs is 1. The standard InChI is InChI=1S/C16H14N4O3/c1-11-6-2-3-7-12(11)10-17-15-14(20(22)23)16(21)19-9-5-4-8-13(19)18-15/h2-9,17H,10H2,1H3. The quantitative estimate of drug-likeness (QED) is 0.591. The van der Waals surface area contributed by atoms with Gasteiger partial charge in [-0.2, -0.15) is 0 Å². The molecule has 7 nitrogen and oxygen atoms in total. The molecule has 3 rings (SSSR count). The molecule has 2 aromatic heterocycles. The van der Waals surface area contributed by atoms with Crippen molar-refractivity contribution in [2.24, 2.45) is 0 Å². The lowest BCUT2D eigenvalue weighted by Gasteiger charge is -2.09. The van der Waals surface area contributed by atoms with Crippen LogP contribution in [0.3, 0.4) is 0 Å². The Hall–Kier alpha value is -3.22. The first kappa shape index (κ1) is 14.7. The minimum absolute atomic E-state index is 0.0190. The van der Waals surface area contributed by atoms with Gasteiger partial charge in [0, 0.05) is 12.7 Å². The molecule has 0 aliphatic heterocycles. The number of nitrogens with one attached hydrogen (secondary N) is 1. The molecular weight excluding hydrogens is 296 g/mol. The number of pyridine rings is 1. The molecule has 7 heteroatoms. The fraction of sp³-hybridized carbons (Fsp3) is 0.125. The first-order valence-electron chi connectivity index (χ1n) is 7.02. The summed E-state index contributed by atoms with van der Waals surface area (Å²) in [6.07, 6.45) is 1.46. The topological polar surface area (TPSA) is 89.5 Å². The predicted octanol–water partition coefficient (Wildman–Crippen LogP) is 2.52. The van der Waals surface area contributed by atoms with Gasteiger partial charge >= 0.3 is 11.2 Å². The van der Waals surface area contributed by atoms with E-state index in [1.807, 2.05) is 31.2 Å². The summed E-state index contributed by atoms with van der Waals surface area (Å²) in [5.74, 6) is -0.0190. The van der Waals surface area contributed by atoms with E-state index in [0.717, 1.165) is 15.5 Å². The Morgan fingerprint density at radius 1 is 1.22 bits per heavy atom. The smallest absolute Gasteiger partial charge is 0.360 e. The molecule has 1 N–H and O–H groups in total. The van der Waals surface area contributed by atoms with Crippen LogP contribution in [-0.4, -0.2) is 14.3 Å². The van der Waals surface area contributed by atoms with Crippen molar-refractivity contribution in [1.29, 1.82) is 0 Å². The normalized spacial score (nSPS) is 10.7. The zero-order valence-corrected chi connectivity index (χ0v) is 12.4. The number of benzene rings is 1. The molecular formula is C16H14N4O3. The van der Waals surface area contributed by atoms with Crippen LogP contribution in [0.15, 0.2) is 53.5 Å². The lowest BCUT2D eigenvalue weighted by atomic mass is 10.1. The van der Waals surface area contributed by atoms with Crippen LogP contribution in [0.25, 0.3) is 5.65 Å². The molecule has 0 unspecified atom stereocenters. The largest absolute Gasteiger partial charge is 0.376 e. The minimum Gasteiger partial charge on any atom is -0.360 e. The number of nitro groups is 1. The summed E-state index contributed by atoms with van der Waals surface area (Å²) in [6.45, 7) is 2.30. The Labute approximate surface area is 131 Å². The van der Waals surface area contributed by atoms with Crippen molar-refractivity contribution in [3.63, 3.8) is 0 Å². The SMILES string of the molecule is Cc1ccccc1CNc1nc2ccccn2c(=O)c1[N+](=O)[O-]. The number of hydrogen-bond acceptors (Lipinski definition) is 5. The maximum Gasteiger partial charge on any atom is 0.376 e. The first-order valence-corrected chi connectivity index (χ1v) is 7.02. The van der Waals surface area contributed by atoms with Crippen molar-refractivity contribution in [2.45, 2.75) is 13.5 Å². The molecule has 23 heavy (non-hydrogen) atoms. The van der Waals surface area contributed by atoms with E-state index in [2.05, 4.69) is 10.3 Å². The van der Waals surface area contributed by atoms with Crippen LogP contribution >= 0.6 is 0 Å². The zero-order valence-electron chi connectivity index (χ0n) is 12.4. The van der Waals surface area contributed by atoms with Crippen LogP contribution in [0.4, 0.5) is 11.5 Å². The lowest BCUT2D eigenvalue weighted by molar-refractivity contribution is -0.385. The second-order valence-corrected chi connectivity index (χ2v) is 5.08. The highest BCUT2D eigenvalue weighted by Crippen LogP contribution is 2.19. The zero-order chi connectivity index (χ0) is 16.4. The number of hydrogen-bond donors (Lipinski definition) is 1. The number of anilines is 1. The summed E-state index contributed by atoms with van der Waals surface area (Å²) >= 11 is 0. The summed E-state index contributed by atoms with van der Waals surface area (Å²) < 4.78 is 1.16. The molecule has 0 atom stereocenters. The van der Waals surface area contributed by atoms with Gasteiger partial charge in [-0.25, -0.2) is 4.98 Å². The highest BCUT2D eigenvalue weighted by molar-refractivity contribution is 5.60. The Bertz CT molecular complexity index is 949. The van der Waals surface area contributed by atoms with E-state index >= 15 is 0 Å². The molecule has 0 spiro atoms. The van der Waals surface area contributed by atoms with Crippen LogP contribution < -0.4 is 10.9 Å². The second kappa shape index (κ2) is 5.88. The van der Waals surface area contributed by atoms with Crippen LogP contribution in [0.5, 0.6) is 0 Å². The summed E-state index contributed by atoms with van der Waals surface area (Å²) in [7, 11) is 0. The van der Waals surface area contributed by atoms with Crippen LogP contribution in [0.1, 0.15) is 11.1 Å². The maximum atomic E-state index is 12.3. The minimum atomic E-state index is -0.701. The highest BCUT2D eigenvalue weighted by atomic mass is 16.6. The van der Waals surface area contributed by atoms with E-state index in [9.17, 15) is 14.9 Å². The second-order valence-electron chi connectivity index (χ2n) is 5.08. The van der Waals surface area contributed by atoms with E-state index in [1.54, 1.807) is 18.2 Å². The number of aryl methyl sites for hydroxylation is 1. The Kier molecular flexibility index (Phi) is 3.76. The monoisotopic (exact) mass is 310 g/mol. The van der Waals surface area contributed by atoms with Gasteiger partial charge in [-0.1, -0.05) is 30.3 Å². The molecule has 1 aromatic carbocycles. The van der Waals surface area contributed by atoms with Crippen LogP contribution in [-0.2, 0) is 6.54 Å². The van der Waals surface area contributed by atoms with Crippen LogP contribution in [0, 0.1) is 17.0 Å². The lowest BCUT2D eigenvalue weighted by Crippen LogP contribution is -2.21. The fourth-order valence-electron chi connectivity index (χ4n) is 2.35. The van der Waals surface area contributed by atoms with E-state index in [0.29, 0.717) is 12.2 Å². The third-order valence-corrected chi connectivity index (χ3v) is 3.60. The van der Waals surface area contributed by atoms with Crippen molar-refractivity contribution in [1.82, 2.24) is 9.38 Å². The average molecular weight is 310 g/mol. The molecule has 116 valence electrons. The summed E-state index contributed by atoms with van der Waals surface area (Å²) in [5.41, 5.74) is 1.14. The molecule has 2 heterocycles. The molecule has 0 bridgehead atoms. The summed E-state index contributed by atoms with van der Waals surface area (Å²) in [4.78, 5) is 27.1. The van der Waals surface area contributed by atoms with Gasteiger partial charge in [0.1, 0.15) is 5.65 Å². The molecule has 0 fully saturated rings. The number of rotatable bonds is 4. The van der Waals surface area contributed by atoms with Crippen molar-refractivity contribution in [2.75, 3.05) is 5.32 Å².